The molecule has 3 amide bonds. The Morgan fingerprint density at radius 2 is 1.80 bits per heavy atom. The predicted molar refractivity (Wildman–Crippen MR) is 261 cm³/mol. The number of carbonyl (C=O) groups is 4. The highest BCUT2D eigenvalue weighted by molar-refractivity contribution is 8.00. The van der Waals surface area contributed by atoms with Gasteiger partial charge in [0.1, 0.15) is 43.6 Å². The summed E-state index contributed by atoms with van der Waals surface area (Å²) in [5.41, 5.74) is 15.8. The monoisotopic (exact) mass is 1150 g/mol. The van der Waals surface area contributed by atoms with Gasteiger partial charge in [-0.2, -0.15) is 20.4 Å². The molecule has 4 unspecified atom stereocenters. The number of phosphoric acid groups is 3. The molecule has 0 aliphatic carbocycles. The van der Waals surface area contributed by atoms with Gasteiger partial charge in [0, 0.05) is 89.7 Å². The number of unbranched alkanes of at least 4 members (excludes halogenated alkanes) is 1. The molecular weight excluding hydrogens is 1100 g/mol. The molecule has 1 aromatic carbocycles. The molecule has 5 rings (SSSR count). The van der Waals surface area contributed by atoms with Crippen molar-refractivity contribution in [1.82, 2.24) is 25.5 Å². The van der Waals surface area contributed by atoms with E-state index in [9.17, 15) is 52.2 Å². The number of hydrogen-bond acceptors (Lipinski definition) is 20. The Morgan fingerprint density at radius 1 is 1.01 bits per heavy atom. The molecule has 9 atom stereocenters. The van der Waals surface area contributed by atoms with Crippen molar-refractivity contribution in [2.45, 2.75) is 87.3 Å². The van der Waals surface area contributed by atoms with Gasteiger partial charge in [-0.05, 0) is 42.1 Å². The molecule has 3 saturated heterocycles. The third-order valence-corrected chi connectivity index (χ3v) is 16.4. The Morgan fingerprint density at radius 3 is 2.57 bits per heavy atom. The Kier molecular flexibility index (Phi) is 24.2. The van der Waals surface area contributed by atoms with E-state index < -0.39 is 78.6 Å². The summed E-state index contributed by atoms with van der Waals surface area (Å²) >= 11 is 1.89. The van der Waals surface area contributed by atoms with Crippen LogP contribution in [0.1, 0.15) is 73.5 Å². The molecule has 416 valence electrons. The number of aromatic nitrogens is 2. The van der Waals surface area contributed by atoms with Gasteiger partial charge in [0.05, 0.1) is 25.9 Å². The Balaban J connectivity index is 0.979. The minimum absolute atomic E-state index is 0.0568. The molecule has 2 aromatic rings. The summed E-state index contributed by atoms with van der Waals surface area (Å²) in [5.74, 6) is 5.99. The van der Waals surface area contributed by atoms with Crippen LogP contribution >= 0.6 is 35.2 Å². The maximum Gasteiger partial charge on any atom is 0.490 e. The fourth-order valence-corrected chi connectivity index (χ4v) is 12.4. The number of H-pyrrole nitrogens is 1. The second-order valence-corrected chi connectivity index (χ2v) is 22.2. The number of benzene rings is 1. The summed E-state index contributed by atoms with van der Waals surface area (Å²) in [5, 5.41) is 15.8. The third-order valence-electron chi connectivity index (χ3n) is 11.0. The average molecular weight is 1150 g/mol. The number of hydrogen-bond donors (Lipinski definition) is 8. The first-order valence-electron chi connectivity index (χ1n) is 23.0. The van der Waals surface area contributed by atoms with Crippen molar-refractivity contribution in [3.8, 4) is 17.6 Å². The molecular formula is C40H54N11O21P3S. The van der Waals surface area contributed by atoms with Gasteiger partial charge in [-0.3, -0.25) is 38.0 Å². The summed E-state index contributed by atoms with van der Waals surface area (Å²) in [7, 11) is -17.1. The van der Waals surface area contributed by atoms with Crippen molar-refractivity contribution >= 4 is 58.7 Å². The van der Waals surface area contributed by atoms with E-state index in [1.54, 1.807) is 18.2 Å². The number of ether oxygens (including phenoxy) is 5. The van der Waals surface area contributed by atoms with E-state index in [2.05, 4.69) is 61.0 Å². The summed E-state index contributed by atoms with van der Waals surface area (Å²) in [4.78, 5) is 119. The molecule has 3 aliphatic heterocycles. The van der Waals surface area contributed by atoms with Crippen molar-refractivity contribution < 1.29 is 89.3 Å². The molecule has 3 aliphatic rings. The highest BCUT2D eigenvalue weighted by atomic mass is 32.2. The zero-order valence-corrected chi connectivity index (χ0v) is 43.6. The molecule has 36 heteroatoms. The summed E-state index contributed by atoms with van der Waals surface area (Å²) in [6.45, 7) is -1.95. The molecule has 0 saturated carbocycles. The van der Waals surface area contributed by atoms with E-state index >= 15 is 0 Å². The fourth-order valence-electron chi connectivity index (χ4n) is 7.67. The number of thioether (sulfide) groups is 1. The predicted octanol–water partition coefficient (Wildman–Crippen LogP) is 2.30. The number of azide groups is 2. The smallest absolute Gasteiger partial charge is 0.490 e. The van der Waals surface area contributed by atoms with E-state index in [0.29, 0.717) is 24.0 Å². The van der Waals surface area contributed by atoms with Crippen LogP contribution in [0.5, 0.6) is 5.75 Å². The fraction of sp³-hybridized carbons (Fsp3) is 0.600. The van der Waals surface area contributed by atoms with Gasteiger partial charge in [0.2, 0.25) is 11.8 Å². The Labute approximate surface area is 435 Å². The highest BCUT2D eigenvalue weighted by Crippen LogP contribution is 2.66. The average Bonchev–Trinajstić information content (AvgIpc) is 4.05. The van der Waals surface area contributed by atoms with Crippen LogP contribution in [0.15, 0.2) is 50.3 Å². The highest BCUT2D eigenvalue weighted by Gasteiger charge is 2.44. The second-order valence-electron chi connectivity index (χ2n) is 16.6. The number of nitrogens with zero attached hydrogens (tertiary/aromatic N) is 7. The van der Waals surface area contributed by atoms with E-state index in [1.807, 2.05) is 16.7 Å². The van der Waals surface area contributed by atoms with Gasteiger partial charge in [-0.1, -0.05) is 34.6 Å². The summed E-state index contributed by atoms with van der Waals surface area (Å²) < 4.78 is 75.4. The van der Waals surface area contributed by atoms with Crippen LogP contribution in [-0.4, -0.2) is 141 Å². The molecule has 0 spiro atoms. The Hall–Kier alpha value is -5.44. The minimum Gasteiger partial charge on any atom is -0.491 e. The maximum atomic E-state index is 12.8. The van der Waals surface area contributed by atoms with Crippen LogP contribution in [0, 0.1) is 17.8 Å². The van der Waals surface area contributed by atoms with E-state index in [4.69, 9.17) is 44.5 Å². The van der Waals surface area contributed by atoms with Gasteiger partial charge in [0.15, 0.2) is 12.0 Å². The zero-order valence-electron chi connectivity index (χ0n) is 40.1. The van der Waals surface area contributed by atoms with Gasteiger partial charge < -0.3 is 59.2 Å². The van der Waals surface area contributed by atoms with Crippen LogP contribution in [-0.2, 0) is 60.2 Å². The lowest BCUT2D eigenvalue weighted by molar-refractivity contribution is -0.124. The Bertz CT molecular complexity index is 2810. The topological polar surface area (TPSA) is 463 Å². The van der Waals surface area contributed by atoms with Gasteiger partial charge in [-0.15, -0.1) is 0 Å². The van der Waals surface area contributed by atoms with Gasteiger partial charge in [0.25, 0.3) is 11.5 Å². The van der Waals surface area contributed by atoms with Crippen LogP contribution in [0.3, 0.4) is 0 Å². The van der Waals surface area contributed by atoms with Crippen LogP contribution in [0.4, 0.5) is 0 Å². The molecule has 32 nitrogen and oxygen atoms in total. The SMILES string of the molecule is [N-]=[N+]=NCOC1C[C@H](n2cc(C#CCCC(=O)COCCOC(COc3cccc(C(=O)NCCNC(=O)CCCC[C@H]4SC[C@H]5NC(=O)C[C@H]54)c3)N=[N+]=[N-])c(=O)[nH]c2=O)O[C@@H]1COP(=O)(O)OP(=O)(O)OP(=O)(O)O. The molecule has 1 aromatic heterocycles. The number of rotatable bonds is 32. The van der Waals surface area contributed by atoms with Gasteiger partial charge >= 0.3 is 29.2 Å². The van der Waals surface area contributed by atoms with E-state index in [0.717, 1.165) is 35.8 Å². The second kappa shape index (κ2) is 29.9. The van der Waals surface area contributed by atoms with Crippen molar-refractivity contribution in [1.29, 1.82) is 0 Å². The lowest BCUT2D eigenvalue weighted by atomic mass is 9.94. The van der Waals surface area contributed by atoms with Crippen molar-refractivity contribution in [3.05, 3.63) is 83.3 Å². The van der Waals surface area contributed by atoms with Crippen molar-refractivity contribution in [2.75, 3.05) is 58.6 Å². The lowest BCUT2D eigenvalue weighted by Gasteiger charge is -2.20. The summed E-state index contributed by atoms with van der Waals surface area (Å²) in [6.07, 6.45) is -0.856. The van der Waals surface area contributed by atoms with E-state index in [-0.39, 0.29) is 99.3 Å². The number of phosphoric ester groups is 1. The van der Waals surface area contributed by atoms with Crippen LogP contribution in [0.25, 0.3) is 20.9 Å². The summed E-state index contributed by atoms with van der Waals surface area (Å²) in [6, 6.07) is 6.49. The first kappa shape index (κ1) is 61.4. The molecule has 4 heterocycles. The number of carbonyl (C=O) groups excluding carboxylic acids is 4. The lowest BCUT2D eigenvalue weighted by Crippen LogP contribution is -2.34. The van der Waals surface area contributed by atoms with Gasteiger partial charge in [-0.25, -0.2) is 18.5 Å². The number of aromatic amines is 1. The standard InChI is InChI=1S/C40H54N11O21P3S/c41-49-45-24-68-31-18-37(70-32(31)21-69-74(61,62)72-75(63,64)71-73(58,59)60)51-19-26(39(56)47-40(51)57)6-1-2-8-27(52)20-65-14-15-66-36(48-50-42)22-67-28-9-5-7-25(16-28)38(55)44-13-12-43-34(53)11-4-3-10-33-29-17-35(54)46-30(29)23-76-33/h5,7,9,16,19,29-33,36-37H,2-4,8,10-15,17-18,20-24H2,(H,43,53)(H,44,55)(H,46,54)(H,61,62)(H,63,64)(H,47,56,57)(H2,58,59,60)/t29-,30-,31?,32-,33-,36?,37-/m1/s1. The molecule has 76 heavy (non-hydrogen) atoms. The van der Waals surface area contributed by atoms with Crippen LogP contribution in [0.2, 0.25) is 0 Å². The first-order chi connectivity index (χ1) is 36.1. The van der Waals surface area contributed by atoms with E-state index in [1.165, 1.54) is 6.07 Å². The first-order valence-corrected chi connectivity index (χ1v) is 28.6. The van der Waals surface area contributed by atoms with Crippen molar-refractivity contribution in [3.63, 3.8) is 0 Å². The third kappa shape index (κ3) is 21.2. The minimum atomic E-state index is -5.85. The maximum absolute atomic E-state index is 12.8. The molecule has 8 N–H and O–H groups in total. The molecule has 0 bridgehead atoms. The number of nitrogens with one attached hydrogen (secondary N) is 4. The van der Waals surface area contributed by atoms with Crippen LogP contribution < -0.4 is 31.9 Å². The quantitative estimate of drug-likeness (QED) is 0.0130. The zero-order chi connectivity index (χ0) is 55.3. The largest absolute Gasteiger partial charge is 0.491 e. The number of amides is 3. The molecule has 3 fully saturated rings. The normalized spacial score (nSPS) is 21.8. The number of ketones is 1. The van der Waals surface area contributed by atoms with Crippen molar-refractivity contribution in [2.24, 2.45) is 16.1 Å². The number of fused-ring (bicyclic) bond motifs is 1. The molecule has 0 radical (unpaired) electrons. The number of Topliss-reactive ketones (excluding diaryl/α,β-unsaturated/α-hetero) is 1.